The number of ketones is 1. The Balaban J connectivity index is 1.74. The molecule has 2 N–H and O–H groups in total. The normalized spacial score (nSPS) is 15.9. The molecule has 1 aliphatic rings. The van der Waals surface area contributed by atoms with E-state index in [1.807, 2.05) is 43.3 Å². The number of hydrogen-bond donors (Lipinski definition) is 2. The number of nitrogens with one attached hydrogen (secondary N) is 1. The molecule has 0 amide bonds. The third-order valence-electron chi connectivity index (χ3n) is 6.05. The molecule has 3 nitrogen and oxygen atoms in total. The number of benzene rings is 2. The van der Waals surface area contributed by atoms with Gasteiger partial charge in [-0.2, -0.15) is 0 Å². The van der Waals surface area contributed by atoms with Crippen molar-refractivity contribution in [3.63, 3.8) is 0 Å². The maximum Gasteiger partial charge on any atom is 0.201 e. The van der Waals surface area contributed by atoms with Crippen LogP contribution >= 0.6 is 0 Å². The molecular formula is C26H25NO2. The van der Waals surface area contributed by atoms with E-state index < -0.39 is 0 Å². The third-order valence-corrected chi connectivity index (χ3v) is 6.05. The highest BCUT2D eigenvalue weighted by Gasteiger charge is 2.38. The molecule has 0 aliphatic heterocycles. The topological polar surface area (TPSA) is 53.1 Å². The van der Waals surface area contributed by atoms with Crippen LogP contribution in [0.3, 0.4) is 0 Å². The van der Waals surface area contributed by atoms with Crippen LogP contribution in [-0.2, 0) is 10.2 Å². The largest absolute Gasteiger partial charge is 0.506 e. The molecule has 2 aromatic carbocycles. The summed E-state index contributed by atoms with van der Waals surface area (Å²) in [4.78, 5) is 16.3. The minimum atomic E-state index is -0.356. The molecule has 1 heterocycles. The van der Waals surface area contributed by atoms with E-state index in [0.717, 1.165) is 33.3 Å². The number of aliphatic hydroxyl groups is 1. The minimum absolute atomic E-state index is 0.0459. The Kier molecular flexibility index (Phi) is 4.34. The molecular weight excluding hydrogens is 358 g/mol. The van der Waals surface area contributed by atoms with E-state index in [1.165, 1.54) is 5.56 Å². The summed E-state index contributed by atoms with van der Waals surface area (Å²) in [5, 5.41) is 11.7. The number of H-pyrrole nitrogens is 1. The van der Waals surface area contributed by atoms with E-state index in [1.54, 1.807) is 6.08 Å². The lowest BCUT2D eigenvalue weighted by Gasteiger charge is -2.30. The average Bonchev–Trinajstić information content (AvgIpc) is 3.02. The highest BCUT2D eigenvalue weighted by atomic mass is 16.3. The summed E-state index contributed by atoms with van der Waals surface area (Å²) >= 11 is 0. The van der Waals surface area contributed by atoms with E-state index in [2.05, 4.69) is 44.5 Å². The van der Waals surface area contributed by atoms with Crippen molar-refractivity contribution in [2.75, 3.05) is 0 Å². The van der Waals surface area contributed by atoms with Crippen LogP contribution in [0.25, 0.3) is 16.5 Å². The Morgan fingerprint density at radius 1 is 1.07 bits per heavy atom. The number of aromatic nitrogens is 1. The maximum atomic E-state index is 13.0. The number of hydrogen-bond acceptors (Lipinski definition) is 2. The van der Waals surface area contributed by atoms with Crippen molar-refractivity contribution >= 4 is 22.3 Å². The minimum Gasteiger partial charge on any atom is -0.506 e. The molecule has 0 fully saturated rings. The monoisotopic (exact) mass is 383 g/mol. The van der Waals surface area contributed by atoms with Gasteiger partial charge in [-0.3, -0.25) is 4.79 Å². The molecule has 0 radical (unpaired) electrons. The summed E-state index contributed by atoms with van der Waals surface area (Å²) in [6.07, 6.45) is 1.73. The fraction of sp³-hybridized carbons (Fsp3) is 0.192. The Morgan fingerprint density at radius 3 is 2.41 bits per heavy atom. The number of allylic oxidation sites excluding steroid dienone is 4. The van der Waals surface area contributed by atoms with Gasteiger partial charge in [0.1, 0.15) is 5.76 Å². The van der Waals surface area contributed by atoms with Crippen molar-refractivity contribution in [2.45, 2.75) is 33.1 Å². The highest BCUT2D eigenvalue weighted by molar-refractivity contribution is 6.40. The quantitative estimate of drug-likeness (QED) is 0.535. The lowest BCUT2D eigenvalue weighted by molar-refractivity contribution is -0.111. The van der Waals surface area contributed by atoms with Crippen LogP contribution in [0.15, 0.2) is 78.1 Å². The number of aryl methyl sites for hydroxylation is 2. The predicted molar refractivity (Wildman–Crippen MR) is 119 cm³/mol. The Bertz CT molecular complexity index is 1230. The first-order chi connectivity index (χ1) is 13.7. The first kappa shape index (κ1) is 19.0. The zero-order valence-corrected chi connectivity index (χ0v) is 17.3. The van der Waals surface area contributed by atoms with Crippen LogP contribution in [0.1, 0.15) is 36.2 Å². The van der Waals surface area contributed by atoms with Gasteiger partial charge < -0.3 is 10.1 Å². The van der Waals surface area contributed by atoms with Crippen LogP contribution in [0.4, 0.5) is 0 Å². The standard InChI is InChI=1S/C26H25NO2/c1-15-10-6-8-12-20(15)26(4,5)16(2)14-19-24(28)23(25(19)29)22-17(3)27-21-13-9-7-11-18(21)22/h6-14,27-28H,2H2,1,3-5H3/b19-14-. The molecule has 0 atom stereocenters. The van der Waals surface area contributed by atoms with Crippen molar-refractivity contribution < 1.29 is 9.90 Å². The number of aliphatic hydroxyl groups excluding tert-OH is 1. The van der Waals surface area contributed by atoms with Crippen LogP contribution in [0, 0.1) is 13.8 Å². The zero-order valence-electron chi connectivity index (χ0n) is 17.3. The maximum absolute atomic E-state index is 13.0. The molecule has 146 valence electrons. The first-order valence-electron chi connectivity index (χ1n) is 9.76. The fourth-order valence-corrected chi connectivity index (χ4v) is 4.19. The van der Waals surface area contributed by atoms with E-state index in [-0.39, 0.29) is 17.0 Å². The van der Waals surface area contributed by atoms with Crippen LogP contribution in [-0.4, -0.2) is 15.9 Å². The third kappa shape index (κ3) is 2.85. The second-order valence-corrected chi connectivity index (χ2v) is 8.25. The van der Waals surface area contributed by atoms with Gasteiger partial charge in [0.05, 0.1) is 11.1 Å². The summed E-state index contributed by atoms with van der Waals surface area (Å²) in [5.74, 6) is -0.0957. The van der Waals surface area contributed by atoms with Gasteiger partial charge in [-0.25, -0.2) is 0 Å². The molecule has 4 rings (SSSR count). The number of rotatable bonds is 4. The van der Waals surface area contributed by atoms with Crippen molar-refractivity contribution in [2.24, 2.45) is 0 Å². The van der Waals surface area contributed by atoms with Gasteiger partial charge >= 0.3 is 0 Å². The van der Waals surface area contributed by atoms with Gasteiger partial charge in [0.15, 0.2) is 0 Å². The van der Waals surface area contributed by atoms with E-state index in [9.17, 15) is 9.90 Å². The van der Waals surface area contributed by atoms with Crippen molar-refractivity contribution in [1.82, 2.24) is 4.98 Å². The molecule has 0 saturated carbocycles. The van der Waals surface area contributed by atoms with Crippen LogP contribution < -0.4 is 0 Å². The Hall–Kier alpha value is -3.33. The van der Waals surface area contributed by atoms with E-state index in [0.29, 0.717) is 11.1 Å². The molecule has 0 unspecified atom stereocenters. The second kappa shape index (κ2) is 6.63. The number of carbonyl (C=O) groups excluding carboxylic acids is 1. The molecule has 3 aromatic rings. The first-order valence-corrected chi connectivity index (χ1v) is 9.76. The molecule has 29 heavy (non-hydrogen) atoms. The second-order valence-electron chi connectivity index (χ2n) is 8.25. The van der Waals surface area contributed by atoms with Gasteiger partial charge in [0, 0.05) is 27.6 Å². The SMILES string of the molecule is C=C(/C=C1\C(=O)C(c2c(C)[nH]c3ccccc23)=C1O)C(C)(C)c1ccccc1C. The highest BCUT2D eigenvalue weighted by Crippen LogP contribution is 2.42. The van der Waals surface area contributed by atoms with E-state index in [4.69, 9.17) is 0 Å². The van der Waals surface area contributed by atoms with Crippen molar-refractivity contribution in [3.8, 4) is 0 Å². The molecule has 0 spiro atoms. The van der Waals surface area contributed by atoms with Crippen molar-refractivity contribution in [3.05, 3.63) is 100 Å². The predicted octanol–water partition coefficient (Wildman–Crippen LogP) is 6.10. The Morgan fingerprint density at radius 2 is 1.72 bits per heavy atom. The summed E-state index contributed by atoms with van der Waals surface area (Å²) < 4.78 is 0. The fourth-order valence-electron chi connectivity index (χ4n) is 4.19. The summed E-state index contributed by atoms with van der Waals surface area (Å²) in [7, 11) is 0. The molecule has 0 saturated heterocycles. The van der Waals surface area contributed by atoms with Crippen LogP contribution in [0.2, 0.25) is 0 Å². The number of carbonyl (C=O) groups is 1. The van der Waals surface area contributed by atoms with Crippen molar-refractivity contribution in [1.29, 1.82) is 0 Å². The molecule has 3 heteroatoms. The van der Waals surface area contributed by atoms with Gasteiger partial charge in [0.2, 0.25) is 5.78 Å². The molecule has 1 aromatic heterocycles. The lowest BCUT2D eigenvalue weighted by Crippen LogP contribution is -2.25. The lowest BCUT2D eigenvalue weighted by atomic mass is 9.74. The number of para-hydroxylation sites is 1. The van der Waals surface area contributed by atoms with Gasteiger partial charge in [-0.05, 0) is 42.7 Å². The summed E-state index contributed by atoms with van der Waals surface area (Å²) in [5.41, 5.74) is 6.08. The average molecular weight is 383 g/mol. The molecule has 1 aliphatic carbocycles. The smallest absolute Gasteiger partial charge is 0.201 e. The summed E-state index contributed by atoms with van der Waals surface area (Å²) in [6.45, 7) is 12.4. The number of fused-ring (bicyclic) bond motifs is 1. The Labute approximate surface area is 171 Å². The van der Waals surface area contributed by atoms with Gasteiger partial charge in [-0.1, -0.05) is 62.9 Å². The summed E-state index contributed by atoms with van der Waals surface area (Å²) in [6, 6.07) is 16.0. The van der Waals surface area contributed by atoms with Gasteiger partial charge in [-0.15, -0.1) is 0 Å². The zero-order chi connectivity index (χ0) is 20.9. The molecule has 0 bridgehead atoms. The van der Waals surface area contributed by atoms with Gasteiger partial charge in [0.25, 0.3) is 0 Å². The number of Topliss-reactive ketones (excluding diaryl/α,β-unsaturated/α-hetero) is 1. The van der Waals surface area contributed by atoms with E-state index >= 15 is 0 Å². The number of aromatic amines is 1. The van der Waals surface area contributed by atoms with Crippen LogP contribution in [0.5, 0.6) is 0 Å².